The maximum Gasteiger partial charge on any atom is 0.0291 e. The first-order valence-corrected chi connectivity index (χ1v) is 8.68. The SMILES string of the molecule is CC.CC.CC(NCCCc1ccccc1)c1ccccc1. The molecule has 1 unspecified atom stereocenters. The van der Waals surface area contributed by atoms with Crippen LogP contribution in [0.15, 0.2) is 60.7 Å². The lowest BCUT2D eigenvalue weighted by atomic mass is 10.1. The standard InChI is InChI=1S/C17H21N.2C2H6/c1-15(17-12-6-3-7-13-17)18-14-8-11-16-9-4-2-5-10-16;2*1-2/h2-7,9-10,12-13,15,18H,8,11,14H2,1H3;2*1-2H3. The molecule has 1 nitrogen and oxygen atoms in total. The summed E-state index contributed by atoms with van der Waals surface area (Å²) in [5, 5.41) is 3.57. The highest BCUT2D eigenvalue weighted by Gasteiger charge is 2.02. The van der Waals surface area contributed by atoms with Crippen molar-refractivity contribution < 1.29 is 0 Å². The van der Waals surface area contributed by atoms with Crippen molar-refractivity contribution in [1.29, 1.82) is 0 Å². The van der Waals surface area contributed by atoms with Crippen molar-refractivity contribution in [2.45, 2.75) is 53.5 Å². The van der Waals surface area contributed by atoms with Crippen molar-refractivity contribution in [2.75, 3.05) is 6.54 Å². The molecule has 0 amide bonds. The highest BCUT2D eigenvalue weighted by molar-refractivity contribution is 5.18. The molecule has 1 heteroatoms. The van der Waals surface area contributed by atoms with E-state index in [0.717, 1.165) is 13.0 Å². The van der Waals surface area contributed by atoms with Gasteiger partial charge in [-0.05, 0) is 37.4 Å². The molecule has 2 rings (SSSR count). The van der Waals surface area contributed by atoms with Crippen LogP contribution in [0.5, 0.6) is 0 Å². The van der Waals surface area contributed by atoms with Crippen LogP contribution in [0.3, 0.4) is 0 Å². The zero-order valence-corrected chi connectivity index (χ0v) is 15.0. The molecule has 0 fully saturated rings. The van der Waals surface area contributed by atoms with Gasteiger partial charge in [-0.1, -0.05) is 88.4 Å². The van der Waals surface area contributed by atoms with Gasteiger partial charge in [0.15, 0.2) is 0 Å². The Balaban J connectivity index is 0.00000102. The molecule has 0 aliphatic rings. The van der Waals surface area contributed by atoms with Crippen LogP contribution in [-0.2, 0) is 6.42 Å². The Labute approximate surface area is 137 Å². The zero-order chi connectivity index (χ0) is 16.6. The second kappa shape index (κ2) is 14.3. The lowest BCUT2D eigenvalue weighted by molar-refractivity contribution is 0.558. The maximum absolute atomic E-state index is 3.57. The fourth-order valence-electron chi connectivity index (χ4n) is 2.12. The van der Waals surface area contributed by atoms with Crippen molar-refractivity contribution in [3.8, 4) is 0 Å². The van der Waals surface area contributed by atoms with E-state index in [-0.39, 0.29) is 0 Å². The summed E-state index contributed by atoms with van der Waals surface area (Å²) >= 11 is 0. The van der Waals surface area contributed by atoms with E-state index >= 15 is 0 Å². The van der Waals surface area contributed by atoms with E-state index in [9.17, 15) is 0 Å². The van der Waals surface area contributed by atoms with Gasteiger partial charge >= 0.3 is 0 Å². The van der Waals surface area contributed by atoms with Crippen LogP contribution in [0.4, 0.5) is 0 Å². The number of rotatable bonds is 6. The van der Waals surface area contributed by atoms with Gasteiger partial charge in [0.05, 0.1) is 0 Å². The third kappa shape index (κ3) is 8.63. The van der Waals surface area contributed by atoms with Crippen LogP contribution in [0, 0.1) is 0 Å². The Bertz CT molecular complexity index is 436. The smallest absolute Gasteiger partial charge is 0.0291 e. The molecular weight excluding hydrogens is 266 g/mol. The van der Waals surface area contributed by atoms with Gasteiger partial charge in [-0.3, -0.25) is 0 Å². The summed E-state index contributed by atoms with van der Waals surface area (Å²) in [5.74, 6) is 0. The first kappa shape index (κ1) is 20.4. The van der Waals surface area contributed by atoms with Gasteiger partial charge in [-0.2, -0.15) is 0 Å². The zero-order valence-electron chi connectivity index (χ0n) is 15.0. The van der Waals surface area contributed by atoms with Crippen LogP contribution in [0.1, 0.15) is 58.2 Å². The van der Waals surface area contributed by atoms with Crippen LogP contribution in [0.2, 0.25) is 0 Å². The first-order valence-electron chi connectivity index (χ1n) is 8.68. The Morgan fingerprint density at radius 3 is 1.82 bits per heavy atom. The second-order valence-electron chi connectivity index (χ2n) is 4.68. The lowest BCUT2D eigenvalue weighted by Crippen LogP contribution is -2.20. The summed E-state index contributed by atoms with van der Waals surface area (Å²) in [6.07, 6.45) is 2.33. The molecule has 22 heavy (non-hydrogen) atoms. The summed E-state index contributed by atoms with van der Waals surface area (Å²) < 4.78 is 0. The van der Waals surface area contributed by atoms with Gasteiger partial charge in [0, 0.05) is 6.04 Å². The predicted molar refractivity (Wildman–Crippen MR) is 100 cm³/mol. The van der Waals surface area contributed by atoms with Gasteiger partial charge in [0.2, 0.25) is 0 Å². The topological polar surface area (TPSA) is 12.0 Å². The van der Waals surface area contributed by atoms with E-state index in [1.165, 1.54) is 17.5 Å². The molecule has 0 radical (unpaired) electrons. The molecule has 0 bridgehead atoms. The largest absolute Gasteiger partial charge is 0.310 e. The minimum Gasteiger partial charge on any atom is -0.310 e. The Morgan fingerprint density at radius 1 is 0.773 bits per heavy atom. The molecule has 0 saturated carbocycles. The average Bonchev–Trinajstić information content (AvgIpc) is 2.63. The molecule has 1 atom stereocenters. The molecule has 0 saturated heterocycles. The number of aryl methyl sites for hydroxylation is 1. The molecule has 2 aromatic carbocycles. The lowest BCUT2D eigenvalue weighted by Gasteiger charge is -2.14. The molecule has 0 aliphatic carbocycles. The normalized spacial score (nSPS) is 10.6. The van der Waals surface area contributed by atoms with Crippen molar-refractivity contribution in [3.05, 3.63) is 71.8 Å². The molecular formula is C21H33N. The van der Waals surface area contributed by atoms with Gasteiger partial charge in [0.25, 0.3) is 0 Å². The van der Waals surface area contributed by atoms with E-state index in [0.29, 0.717) is 6.04 Å². The minimum absolute atomic E-state index is 0.432. The third-order valence-electron chi connectivity index (χ3n) is 3.24. The Kier molecular flexibility index (Phi) is 13.3. The molecule has 1 N–H and O–H groups in total. The monoisotopic (exact) mass is 299 g/mol. The van der Waals surface area contributed by atoms with Crippen molar-refractivity contribution in [1.82, 2.24) is 5.32 Å². The minimum atomic E-state index is 0.432. The van der Waals surface area contributed by atoms with Crippen LogP contribution in [0.25, 0.3) is 0 Å². The molecule has 0 aliphatic heterocycles. The third-order valence-corrected chi connectivity index (χ3v) is 3.24. The van der Waals surface area contributed by atoms with E-state index in [4.69, 9.17) is 0 Å². The van der Waals surface area contributed by atoms with Crippen LogP contribution < -0.4 is 5.32 Å². The van der Waals surface area contributed by atoms with Gasteiger partial charge < -0.3 is 5.32 Å². The van der Waals surface area contributed by atoms with E-state index in [1.807, 2.05) is 27.7 Å². The number of nitrogens with one attached hydrogen (secondary N) is 1. The Morgan fingerprint density at radius 2 is 1.27 bits per heavy atom. The maximum atomic E-state index is 3.57. The van der Waals surface area contributed by atoms with Crippen LogP contribution in [-0.4, -0.2) is 6.54 Å². The van der Waals surface area contributed by atoms with Crippen molar-refractivity contribution in [2.24, 2.45) is 0 Å². The summed E-state index contributed by atoms with van der Waals surface area (Å²) in [4.78, 5) is 0. The van der Waals surface area contributed by atoms with Crippen molar-refractivity contribution in [3.63, 3.8) is 0 Å². The molecule has 0 aromatic heterocycles. The van der Waals surface area contributed by atoms with Crippen molar-refractivity contribution >= 4 is 0 Å². The van der Waals surface area contributed by atoms with Crippen LogP contribution >= 0.6 is 0 Å². The molecule has 0 heterocycles. The highest BCUT2D eigenvalue weighted by atomic mass is 14.9. The number of hydrogen-bond acceptors (Lipinski definition) is 1. The predicted octanol–water partition coefficient (Wildman–Crippen LogP) is 6.02. The number of benzene rings is 2. The quantitative estimate of drug-likeness (QED) is 0.643. The summed E-state index contributed by atoms with van der Waals surface area (Å²) in [6, 6.07) is 21.7. The molecule has 0 spiro atoms. The van der Waals surface area contributed by atoms with Gasteiger partial charge in [0.1, 0.15) is 0 Å². The second-order valence-corrected chi connectivity index (χ2v) is 4.68. The summed E-state index contributed by atoms with van der Waals surface area (Å²) in [5.41, 5.74) is 2.78. The van der Waals surface area contributed by atoms with E-state index in [1.54, 1.807) is 0 Å². The molecule has 122 valence electrons. The summed E-state index contributed by atoms with van der Waals surface area (Å²) in [6.45, 7) is 11.3. The molecule has 2 aromatic rings. The fourth-order valence-corrected chi connectivity index (χ4v) is 2.12. The van der Waals surface area contributed by atoms with Gasteiger partial charge in [-0.15, -0.1) is 0 Å². The van der Waals surface area contributed by atoms with E-state index < -0.39 is 0 Å². The number of hydrogen-bond donors (Lipinski definition) is 1. The highest BCUT2D eigenvalue weighted by Crippen LogP contribution is 2.11. The van der Waals surface area contributed by atoms with E-state index in [2.05, 4.69) is 72.9 Å². The summed E-state index contributed by atoms with van der Waals surface area (Å²) in [7, 11) is 0. The fraction of sp³-hybridized carbons (Fsp3) is 0.429. The Hall–Kier alpha value is -1.60. The van der Waals surface area contributed by atoms with Gasteiger partial charge in [-0.25, -0.2) is 0 Å². The first-order chi connectivity index (χ1) is 10.9. The average molecular weight is 300 g/mol.